The lowest BCUT2D eigenvalue weighted by atomic mass is 10.1. The molecule has 29 heavy (non-hydrogen) atoms. The number of carbonyl (C=O) groups is 1. The van der Waals surface area contributed by atoms with E-state index >= 15 is 0 Å². The van der Waals surface area contributed by atoms with Gasteiger partial charge in [-0.25, -0.2) is 8.42 Å². The fourth-order valence-electron chi connectivity index (χ4n) is 3.97. The zero-order valence-electron chi connectivity index (χ0n) is 17.4. The first-order chi connectivity index (χ1) is 13.7. The highest BCUT2D eigenvalue weighted by Crippen LogP contribution is 2.26. The predicted molar refractivity (Wildman–Crippen MR) is 113 cm³/mol. The third-order valence-electron chi connectivity index (χ3n) is 5.55. The molecule has 8 heteroatoms. The molecule has 2 atom stereocenters. The summed E-state index contributed by atoms with van der Waals surface area (Å²) in [5.41, 5.74) is 4.23. The van der Waals surface area contributed by atoms with E-state index in [0.29, 0.717) is 26.1 Å². The molecule has 2 heterocycles. The van der Waals surface area contributed by atoms with Gasteiger partial charge in [0.2, 0.25) is 0 Å². The Balaban J connectivity index is 1.52. The van der Waals surface area contributed by atoms with Crippen LogP contribution in [0, 0.1) is 13.8 Å². The summed E-state index contributed by atoms with van der Waals surface area (Å²) in [4.78, 5) is 13.3. The summed E-state index contributed by atoms with van der Waals surface area (Å²) in [6, 6.07) is 10.0. The van der Waals surface area contributed by atoms with Gasteiger partial charge in [-0.15, -0.1) is 0 Å². The van der Waals surface area contributed by atoms with Crippen LogP contribution in [0.4, 0.5) is 0 Å². The summed E-state index contributed by atoms with van der Waals surface area (Å²) >= 11 is 0. The molecule has 1 unspecified atom stereocenters. The van der Waals surface area contributed by atoms with Crippen LogP contribution in [0.25, 0.3) is 0 Å². The van der Waals surface area contributed by atoms with Crippen molar-refractivity contribution in [1.82, 2.24) is 15.1 Å². The maximum absolute atomic E-state index is 12.3. The predicted octanol–water partition coefficient (Wildman–Crippen LogP) is 0.233. The minimum atomic E-state index is -2.95. The van der Waals surface area contributed by atoms with Crippen LogP contribution in [0.1, 0.15) is 35.0 Å². The molecule has 1 aliphatic rings. The first-order valence-electron chi connectivity index (χ1n) is 10.1. The molecule has 7 nitrogen and oxygen atoms in total. The van der Waals surface area contributed by atoms with Crippen LogP contribution in [-0.2, 0) is 27.6 Å². The number of aryl methyl sites for hydroxylation is 1. The van der Waals surface area contributed by atoms with Crippen LogP contribution < -0.4 is 10.2 Å². The first kappa shape index (κ1) is 21.5. The standard InChI is InChI=1S/C21H30N4O3S/c1-16-20(17(2)25(23-16)19-10-12-29(27,28)15-19)13-24(3)14-21(26)22-11-9-18-7-5-4-6-8-18/h4-8,19H,9-15H2,1-3H3,(H,22,26)/p+1/t19-/m1/s1. The minimum absolute atomic E-state index is 0.0306. The molecular formula is C21H31N4O3S+. The topological polar surface area (TPSA) is 85.5 Å². The first-order valence-corrected chi connectivity index (χ1v) is 11.9. The number of quaternary nitrogens is 1. The summed E-state index contributed by atoms with van der Waals surface area (Å²) in [5.74, 6) is 0.434. The minimum Gasteiger partial charge on any atom is -0.351 e. The van der Waals surface area contributed by atoms with E-state index in [1.165, 1.54) is 5.56 Å². The highest BCUT2D eigenvalue weighted by Gasteiger charge is 2.31. The van der Waals surface area contributed by atoms with Gasteiger partial charge >= 0.3 is 0 Å². The molecule has 3 rings (SSSR count). The van der Waals surface area contributed by atoms with Crippen molar-refractivity contribution in [3.8, 4) is 0 Å². The zero-order valence-corrected chi connectivity index (χ0v) is 18.3. The number of nitrogens with zero attached hydrogens (tertiary/aromatic N) is 2. The average molecular weight is 420 g/mol. The number of carbonyl (C=O) groups excluding carboxylic acids is 1. The Kier molecular flexibility index (Phi) is 6.74. The largest absolute Gasteiger partial charge is 0.351 e. The van der Waals surface area contributed by atoms with Crippen molar-refractivity contribution >= 4 is 15.7 Å². The van der Waals surface area contributed by atoms with Crippen molar-refractivity contribution in [2.45, 2.75) is 39.3 Å². The number of benzene rings is 1. The second kappa shape index (κ2) is 9.09. The Morgan fingerprint density at radius 3 is 2.66 bits per heavy atom. The molecule has 0 radical (unpaired) electrons. The highest BCUT2D eigenvalue weighted by molar-refractivity contribution is 7.91. The van der Waals surface area contributed by atoms with E-state index < -0.39 is 9.84 Å². The second-order valence-electron chi connectivity index (χ2n) is 8.05. The number of amides is 1. The molecule has 1 fully saturated rings. The Hall–Kier alpha value is -2.19. The van der Waals surface area contributed by atoms with E-state index in [1.807, 2.05) is 43.8 Å². The van der Waals surface area contributed by atoms with Gasteiger partial charge in [0.25, 0.3) is 5.91 Å². The molecule has 0 aliphatic carbocycles. The van der Waals surface area contributed by atoms with E-state index in [2.05, 4.69) is 22.5 Å². The molecule has 0 saturated carbocycles. The lowest BCUT2D eigenvalue weighted by Crippen LogP contribution is -3.09. The molecule has 2 aromatic rings. The lowest BCUT2D eigenvalue weighted by Gasteiger charge is -2.15. The van der Waals surface area contributed by atoms with Gasteiger partial charge in [0.15, 0.2) is 16.4 Å². The van der Waals surface area contributed by atoms with Gasteiger partial charge in [-0.2, -0.15) is 5.10 Å². The van der Waals surface area contributed by atoms with Gasteiger partial charge in [0.05, 0.1) is 35.9 Å². The Morgan fingerprint density at radius 1 is 1.28 bits per heavy atom. The third-order valence-corrected chi connectivity index (χ3v) is 7.30. The van der Waals surface area contributed by atoms with Crippen LogP contribution in [-0.4, -0.2) is 55.7 Å². The average Bonchev–Trinajstić information content (AvgIpc) is 3.16. The normalized spacial score (nSPS) is 19.2. The molecule has 0 spiro atoms. The van der Waals surface area contributed by atoms with E-state index in [9.17, 15) is 13.2 Å². The maximum atomic E-state index is 12.3. The highest BCUT2D eigenvalue weighted by atomic mass is 32.2. The summed E-state index contributed by atoms with van der Waals surface area (Å²) in [5, 5.41) is 7.60. The molecular weight excluding hydrogens is 388 g/mol. The lowest BCUT2D eigenvalue weighted by molar-refractivity contribution is -0.885. The smallest absolute Gasteiger partial charge is 0.275 e. The Labute approximate surface area is 173 Å². The summed E-state index contributed by atoms with van der Waals surface area (Å²) < 4.78 is 25.5. The summed E-state index contributed by atoms with van der Waals surface area (Å²) in [6.07, 6.45) is 1.44. The second-order valence-corrected chi connectivity index (χ2v) is 10.3. The van der Waals surface area contributed by atoms with E-state index in [4.69, 9.17) is 0 Å². The molecule has 1 aliphatic heterocycles. The van der Waals surface area contributed by atoms with Crippen molar-refractivity contribution in [2.24, 2.45) is 0 Å². The number of nitrogens with one attached hydrogen (secondary N) is 2. The van der Waals surface area contributed by atoms with E-state index in [0.717, 1.165) is 28.3 Å². The van der Waals surface area contributed by atoms with Gasteiger partial charge in [0.1, 0.15) is 6.54 Å². The summed E-state index contributed by atoms with van der Waals surface area (Å²) in [7, 11) is -0.958. The monoisotopic (exact) mass is 419 g/mol. The molecule has 2 N–H and O–H groups in total. The van der Waals surface area contributed by atoms with Crippen molar-refractivity contribution < 1.29 is 18.1 Å². The van der Waals surface area contributed by atoms with Gasteiger partial charge in [0, 0.05) is 12.2 Å². The molecule has 1 amide bonds. The van der Waals surface area contributed by atoms with E-state index in [-0.39, 0.29) is 23.5 Å². The van der Waals surface area contributed by atoms with Crippen molar-refractivity contribution in [1.29, 1.82) is 0 Å². The number of hydrogen-bond acceptors (Lipinski definition) is 4. The number of likely N-dealkylation sites (N-methyl/N-ethyl adjacent to an activating group) is 1. The molecule has 1 aromatic carbocycles. The molecule has 158 valence electrons. The zero-order chi connectivity index (χ0) is 21.0. The molecule has 1 aromatic heterocycles. The van der Waals surface area contributed by atoms with Crippen LogP contribution in [0.15, 0.2) is 30.3 Å². The fourth-order valence-corrected chi connectivity index (χ4v) is 5.66. The van der Waals surface area contributed by atoms with Gasteiger partial charge in [-0.05, 0) is 32.3 Å². The quantitative estimate of drug-likeness (QED) is 0.642. The van der Waals surface area contributed by atoms with Crippen molar-refractivity contribution in [3.63, 3.8) is 0 Å². The van der Waals surface area contributed by atoms with Gasteiger partial charge < -0.3 is 10.2 Å². The van der Waals surface area contributed by atoms with Crippen LogP contribution >= 0.6 is 0 Å². The van der Waals surface area contributed by atoms with Gasteiger partial charge in [-0.1, -0.05) is 30.3 Å². The SMILES string of the molecule is Cc1nn([C@@H]2CCS(=O)(=O)C2)c(C)c1C[NH+](C)CC(=O)NCCc1ccccc1. The fraction of sp³-hybridized carbons (Fsp3) is 0.524. The Bertz CT molecular complexity index is 954. The number of hydrogen-bond donors (Lipinski definition) is 2. The molecule has 0 bridgehead atoms. The van der Waals surface area contributed by atoms with Crippen LogP contribution in [0.3, 0.4) is 0 Å². The number of rotatable bonds is 8. The van der Waals surface area contributed by atoms with E-state index in [1.54, 1.807) is 0 Å². The van der Waals surface area contributed by atoms with Crippen molar-refractivity contribution in [3.05, 3.63) is 52.8 Å². The third kappa shape index (κ3) is 5.67. The van der Waals surface area contributed by atoms with Crippen molar-refractivity contribution in [2.75, 3.05) is 31.6 Å². The van der Waals surface area contributed by atoms with Crippen LogP contribution in [0.5, 0.6) is 0 Å². The maximum Gasteiger partial charge on any atom is 0.275 e. The Morgan fingerprint density at radius 2 is 2.00 bits per heavy atom. The molecule has 1 saturated heterocycles. The summed E-state index contributed by atoms with van der Waals surface area (Å²) in [6.45, 7) is 5.64. The number of sulfone groups is 1. The van der Waals surface area contributed by atoms with Crippen LogP contribution in [0.2, 0.25) is 0 Å². The van der Waals surface area contributed by atoms with Gasteiger partial charge in [-0.3, -0.25) is 9.48 Å². The number of aromatic nitrogens is 2.